The van der Waals surface area contributed by atoms with E-state index in [1.165, 1.54) is 0 Å². The van der Waals surface area contributed by atoms with Crippen LogP contribution < -0.4 is 4.70 Å². The zero-order valence-corrected chi connectivity index (χ0v) is 13.6. The van der Waals surface area contributed by atoms with Crippen LogP contribution in [0.3, 0.4) is 0 Å². The van der Waals surface area contributed by atoms with Crippen molar-refractivity contribution in [1.29, 1.82) is 0 Å². The van der Waals surface area contributed by atoms with Gasteiger partial charge in [-0.1, -0.05) is 5.56 Å². The molecule has 0 aromatic heterocycles. The minimum Gasteiger partial charge on any atom is -1.00 e. The molecule has 0 nitrogen and oxygen atoms in total. The van der Waals surface area contributed by atoms with Gasteiger partial charge in [0.15, 0.2) is 0 Å². The smallest absolute Gasteiger partial charge is 1.00 e. The number of hydrogen-bond acceptors (Lipinski definition) is 0. The van der Waals surface area contributed by atoms with Crippen molar-refractivity contribution in [1.82, 2.24) is 0 Å². The first kappa shape index (κ1) is 23.8. The third-order valence-electron chi connectivity index (χ3n) is 2.24. The second-order valence-corrected chi connectivity index (χ2v) is 3.92. The van der Waals surface area contributed by atoms with Crippen LogP contribution in [0.1, 0.15) is 18.4 Å². The molecular formula is C17H13F5Ti-. The number of allylic oxidation sites excluding steroid dienone is 8. The van der Waals surface area contributed by atoms with Gasteiger partial charge in [0.25, 0.3) is 0 Å². The van der Waals surface area contributed by atoms with E-state index < -0.39 is 17.6 Å². The molecule has 3 rings (SSSR count). The Hall–Kier alpha value is -1.46. The fourth-order valence-electron chi connectivity index (χ4n) is 1.29. The molecule has 0 atom stereocenters. The maximum atomic E-state index is 12.1. The number of benzene rings is 1. The SMILES string of the molecule is Fc1[c-]c(C(F)(F)F)ccc1.[C-]1=CC=CC1.[C-]1=CC=CC1.[F-].[Ti+3]. The van der Waals surface area contributed by atoms with E-state index in [0.717, 1.165) is 31.0 Å². The van der Waals surface area contributed by atoms with Gasteiger partial charge in [-0.25, -0.2) is 28.7 Å². The largest absolute Gasteiger partial charge is 3.00 e. The molecule has 23 heavy (non-hydrogen) atoms. The average molecular weight is 360 g/mol. The minimum atomic E-state index is -4.51. The van der Waals surface area contributed by atoms with Gasteiger partial charge in [-0.15, -0.1) is 25.0 Å². The topological polar surface area (TPSA) is 0 Å². The second kappa shape index (κ2) is 13.0. The molecule has 6 heteroatoms. The fraction of sp³-hybridized carbons (Fsp3) is 0.176. The molecule has 0 spiro atoms. The van der Waals surface area contributed by atoms with E-state index in [9.17, 15) is 17.6 Å². The normalized spacial score (nSPS) is 13.2. The molecule has 2 aliphatic rings. The molecule has 2 aliphatic carbocycles. The summed E-state index contributed by atoms with van der Waals surface area (Å²) in [7, 11) is 0. The fourth-order valence-corrected chi connectivity index (χ4v) is 1.29. The maximum Gasteiger partial charge on any atom is 3.00 e. The molecule has 1 radical (unpaired) electrons. The van der Waals surface area contributed by atoms with E-state index in [-0.39, 0.29) is 26.4 Å². The number of alkyl halides is 3. The average Bonchev–Trinajstić information content (AvgIpc) is 3.17. The monoisotopic (exact) mass is 360 g/mol. The molecule has 0 fully saturated rings. The number of hydrogen-bond donors (Lipinski definition) is 0. The van der Waals surface area contributed by atoms with Gasteiger partial charge in [0.1, 0.15) is 0 Å². The molecule has 0 N–H and O–H groups in total. The summed E-state index contributed by atoms with van der Waals surface area (Å²) in [5.41, 5.74) is -1.09. The summed E-state index contributed by atoms with van der Waals surface area (Å²) in [5, 5.41) is 0. The first-order chi connectivity index (χ1) is 10.00. The molecule has 1 aromatic carbocycles. The van der Waals surface area contributed by atoms with Gasteiger partial charge in [0.2, 0.25) is 0 Å². The van der Waals surface area contributed by atoms with Crippen LogP contribution in [0.2, 0.25) is 0 Å². The Kier molecular flexibility index (Phi) is 13.5. The number of halogens is 5. The summed E-state index contributed by atoms with van der Waals surface area (Å²) in [5.74, 6) is -1.00. The Morgan fingerprint density at radius 3 is 1.65 bits per heavy atom. The summed E-state index contributed by atoms with van der Waals surface area (Å²) in [4.78, 5) is 0. The molecule has 0 heterocycles. The van der Waals surface area contributed by atoms with Crippen LogP contribution in [-0.4, -0.2) is 0 Å². The van der Waals surface area contributed by atoms with E-state index in [1.807, 2.05) is 24.3 Å². The van der Waals surface area contributed by atoms with Crippen molar-refractivity contribution >= 4 is 0 Å². The maximum absolute atomic E-state index is 12.1. The summed E-state index contributed by atoms with van der Waals surface area (Å²) >= 11 is 0. The van der Waals surface area contributed by atoms with E-state index in [1.54, 1.807) is 6.07 Å². The first-order valence-electron chi connectivity index (χ1n) is 6.18. The van der Waals surface area contributed by atoms with Gasteiger partial charge in [-0.2, -0.15) is 37.5 Å². The van der Waals surface area contributed by atoms with Crippen LogP contribution in [-0.2, 0) is 27.9 Å². The Bertz CT molecular complexity index is 500. The zero-order valence-electron chi connectivity index (χ0n) is 12.0. The number of rotatable bonds is 0. The molecule has 0 aliphatic heterocycles. The van der Waals surface area contributed by atoms with E-state index >= 15 is 0 Å². The zero-order chi connectivity index (χ0) is 15.6. The van der Waals surface area contributed by atoms with Crippen molar-refractivity contribution < 1.29 is 44.0 Å². The van der Waals surface area contributed by atoms with Crippen molar-refractivity contribution in [2.24, 2.45) is 0 Å². The molecule has 0 saturated carbocycles. The van der Waals surface area contributed by atoms with Gasteiger partial charge in [0, 0.05) is 5.82 Å². The molecular weight excluding hydrogens is 347 g/mol. The Balaban J connectivity index is 0. The van der Waals surface area contributed by atoms with E-state index in [4.69, 9.17) is 0 Å². The van der Waals surface area contributed by atoms with Crippen LogP contribution in [0, 0.1) is 24.0 Å². The van der Waals surface area contributed by atoms with Crippen LogP contribution in [0.4, 0.5) is 17.6 Å². The molecule has 121 valence electrons. The Labute approximate surface area is 147 Å². The third kappa shape index (κ3) is 11.7. The standard InChI is InChI=1S/C7H3F4.2C5H5.FH.Ti/c8-6-3-1-2-5(4-6)7(9,10)11;2*1-2-4-5-3-1;;/h1-3H;2*1-3H,4H2;1H;/q3*-1;;+3/p-1. The third-order valence-corrected chi connectivity index (χ3v) is 2.24. The van der Waals surface area contributed by atoms with E-state index in [2.05, 4.69) is 24.3 Å². The molecule has 0 bridgehead atoms. The first-order valence-corrected chi connectivity index (χ1v) is 6.18. The van der Waals surface area contributed by atoms with Gasteiger partial charge in [-0.05, 0) is 0 Å². The predicted molar refractivity (Wildman–Crippen MR) is 73.4 cm³/mol. The van der Waals surface area contributed by atoms with Crippen LogP contribution in [0.25, 0.3) is 0 Å². The van der Waals surface area contributed by atoms with Crippen molar-refractivity contribution in [3.05, 3.63) is 84.3 Å². The van der Waals surface area contributed by atoms with Gasteiger partial charge >= 0.3 is 27.9 Å². The molecule has 0 unspecified atom stereocenters. The molecule has 0 amide bonds. The summed E-state index contributed by atoms with van der Waals surface area (Å²) < 4.78 is 47.5. The minimum absolute atomic E-state index is 0. The van der Waals surface area contributed by atoms with Crippen molar-refractivity contribution in [3.63, 3.8) is 0 Å². The second-order valence-electron chi connectivity index (χ2n) is 3.92. The Morgan fingerprint density at radius 1 is 0.913 bits per heavy atom. The van der Waals surface area contributed by atoms with Crippen molar-refractivity contribution in [2.75, 3.05) is 0 Å². The van der Waals surface area contributed by atoms with Crippen LogP contribution in [0.15, 0.2) is 54.7 Å². The van der Waals surface area contributed by atoms with Crippen molar-refractivity contribution in [2.45, 2.75) is 19.0 Å². The summed E-state index contributed by atoms with van der Waals surface area (Å²) in [6, 6.07) is 4.23. The van der Waals surface area contributed by atoms with Crippen LogP contribution >= 0.6 is 0 Å². The molecule has 1 aromatic rings. The van der Waals surface area contributed by atoms with Gasteiger partial charge in [0.05, 0.1) is 0 Å². The van der Waals surface area contributed by atoms with Crippen LogP contribution in [0.5, 0.6) is 0 Å². The summed E-state index contributed by atoms with van der Waals surface area (Å²) in [6.45, 7) is 0. The quantitative estimate of drug-likeness (QED) is 0.378. The summed E-state index contributed by atoms with van der Waals surface area (Å²) in [6.07, 6.45) is 15.5. The Morgan fingerprint density at radius 2 is 1.43 bits per heavy atom. The van der Waals surface area contributed by atoms with Crippen molar-refractivity contribution in [3.8, 4) is 0 Å². The predicted octanol–water partition coefficient (Wildman–Crippen LogP) is 2.26. The van der Waals surface area contributed by atoms with Gasteiger partial charge < -0.3 is 4.70 Å². The molecule has 0 saturated heterocycles. The van der Waals surface area contributed by atoms with Gasteiger partial charge in [-0.3, -0.25) is 12.2 Å². The van der Waals surface area contributed by atoms with E-state index in [0.29, 0.717) is 0 Å².